The van der Waals surface area contributed by atoms with E-state index in [4.69, 9.17) is 15.6 Å². The molecule has 48 heavy (non-hydrogen) atoms. The lowest BCUT2D eigenvalue weighted by Crippen LogP contribution is -2.17. The van der Waals surface area contributed by atoms with Gasteiger partial charge in [-0.25, -0.2) is 24.4 Å². The van der Waals surface area contributed by atoms with Crippen molar-refractivity contribution in [1.82, 2.24) is 30.4 Å². The van der Waals surface area contributed by atoms with Gasteiger partial charge in [0.25, 0.3) is 5.91 Å². The van der Waals surface area contributed by atoms with Gasteiger partial charge < -0.3 is 25.6 Å². The molecule has 0 aliphatic heterocycles. The maximum absolute atomic E-state index is 12.4. The highest BCUT2D eigenvalue weighted by Crippen LogP contribution is 2.24. The second kappa shape index (κ2) is 16.1. The van der Waals surface area contributed by atoms with Crippen molar-refractivity contribution in [1.29, 1.82) is 0 Å². The molecule has 0 aliphatic rings. The van der Waals surface area contributed by atoms with Gasteiger partial charge in [0.2, 0.25) is 0 Å². The average Bonchev–Trinajstić information content (AvgIpc) is 3.72. The number of carboxylic acids is 1. The van der Waals surface area contributed by atoms with E-state index in [1.807, 2.05) is 0 Å². The Morgan fingerprint density at radius 1 is 0.750 bits per heavy atom. The van der Waals surface area contributed by atoms with Gasteiger partial charge in [0.05, 0.1) is 54.5 Å². The van der Waals surface area contributed by atoms with Crippen LogP contribution < -0.4 is 11.1 Å². The molecule has 0 unspecified atom stereocenters. The first-order chi connectivity index (χ1) is 22.5. The van der Waals surface area contributed by atoms with Gasteiger partial charge in [-0.05, 0) is 62.4 Å². The molecule has 0 saturated carbocycles. The Morgan fingerprint density at radius 2 is 1.25 bits per heavy atom. The zero-order valence-corrected chi connectivity index (χ0v) is 25.7. The molecule has 15 heteroatoms. The number of pyridine rings is 2. The summed E-state index contributed by atoms with van der Waals surface area (Å²) in [6, 6.07) is 16.6. The number of aromatic nitrogens is 6. The van der Waals surface area contributed by atoms with Gasteiger partial charge in [-0.15, -0.1) is 0 Å². The van der Waals surface area contributed by atoms with E-state index < -0.39 is 23.8 Å². The number of aromatic carboxylic acids is 1. The Hall–Kier alpha value is -6.64. The second-order valence-electron chi connectivity index (χ2n) is 9.82. The molecule has 248 valence electrons. The molecule has 6 rings (SSSR count). The number of fused-ring (bicyclic) bond motifs is 2. The quantitative estimate of drug-likeness (QED) is 0.123. The third-order valence-electron chi connectivity index (χ3n) is 6.48. The summed E-state index contributed by atoms with van der Waals surface area (Å²) in [4.78, 5) is 53.8. The van der Waals surface area contributed by atoms with Crippen LogP contribution in [0.2, 0.25) is 0 Å². The van der Waals surface area contributed by atoms with Crippen LogP contribution in [-0.2, 0) is 9.47 Å². The van der Waals surface area contributed by atoms with Gasteiger partial charge in [-0.1, -0.05) is 19.6 Å². The molecule has 0 aliphatic carbocycles. The number of ether oxygens (including phenoxy) is 2. The van der Waals surface area contributed by atoms with Crippen molar-refractivity contribution in [2.45, 2.75) is 21.3 Å². The number of aryl methyl sites for hydroxylation is 2. The van der Waals surface area contributed by atoms with E-state index in [9.17, 15) is 19.2 Å². The lowest BCUT2D eigenvalue weighted by Gasteiger charge is -2.10. The molecule has 2 aromatic carbocycles. The van der Waals surface area contributed by atoms with E-state index >= 15 is 0 Å². The van der Waals surface area contributed by atoms with Crippen LogP contribution in [0, 0.1) is 13.8 Å². The largest absolute Gasteiger partial charge is 0.477 e. The van der Waals surface area contributed by atoms with E-state index in [0.717, 1.165) is 27.7 Å². The summed E-state index contributed by atoms with van der Waals surface area (Å²) in [5, 5.41) is 26.1. The van der Waals surface area contributed by atoms with Crippen LogP contribution in [0.25, 0.3) is 21.8 Å². The molecule has 0 fully saturated rings. The summed E-state index contributed by atoms with van der Waals surface area (Å²) >= 11 is 0. The minimum Gasteiger partial charge on any atom is -0.477 e. The lowest BCUT2D eigenvalue weighted by molar-refractivity contribution is 0.0593. The van der Waals surface area contributed by atoms with Crippen molar-refractivity contribution in [3.05, 3.63) is 107 Å². The van der Waals surface area contributed by atoms with Crippen molar-refractivity contribution in [3.8, 4) is 0 Å². The number of esters is 2. The van der Waals surface area contributed by atoms with Crippen LogP contribution in [0.3, 0.4) is 0 Å². The number of amides is 1. The number of aromatic amines is 2. The molecule has 15 nitrogen and oxygen atoms in total. The van der Waals surface area contributed by atoms with Gasteiger partial charge in [0.1, 0.15) is 11.4 Å². The van der Waals surface area contributed by atoms with E-state index in [1.54, 1.807) is 80.8 Å². The molecule has 1 amide bonds. The third kappa shape index (κ3) is 8.75. The monoisotopic (exact) mass is 654 g/mol. The van der Waals surface area contributed by atoms with E-state index in [2.05, 4.69) is 40.4 Å². The highest BCUT2D eigenvalue weighted by atomic mass is 16.5. The summed E-state index contributed by atoms with van der Waals surface area (Å²) in [5.74, 6) is -2.38. The fourth-order valence-corrected chi connectivity index (χ4v) is 4.19. The fourth-order valence-electron chi connectivity index (χ4n) is 4.19. The average molecular weight is 655 g/mol. The number of carbonyl (C=O) groups is 4. The van der Waals surface area contributed by atoms with Gasteiger partial charge in [0, 0.05) is 27.8 Å². The number of carboxylic acid groups (broad SMARTS) is 1. The topological polar surface area (TPSA) is 228 Å². The van der Waals surface area contributed by atoms with Crippen molar-refractivity contribution < 1.29 is 33.8 Å². The molecule has 0 bridgehead atoms. The smallest absolute Gasteiger partial charge is 0.354 e. The number of nitrogens with zero attached hydrogens (tertiary/aromatic N) is 4. The number of hydrogen-bond acceptors (Lipinski definition) is 11. The van der Waals surface area contributed by atoms with Crippen LogP contribution in [0.4, 0.5) is 11.4 Å². The highest BCUT2D eigenvalue weighted by molar-refractivity contribution is 6.09. The molecule has 4 aromatic heterocycles. The summed E-state index contributed by atoms with van der Waals surface area (Å²) in [6.07, 6.45) is 3.25. The highest BCUT2D eigenvalue weighted by Gasteiger charge is 2.18. The lowest BCUT2D eigenvalue weighted by atomic mass is 10.1. The SMILES string of the molecule is C.COC(=O)c1cc2[nH]ncc2cc1N.COC(=O)c1cc2[nH]ncc2cc1NC(=O)c1cccc(C)n1.Cc1cccc(C(=O)O)n1. The number of H-pyrrole nitrogens is 2. The number of anilines is 2. The van der Waals surface area contributed by atoms with E-state index in [1.165, 1.54) is 20.3 Å². The van der Waals surface area contributed by atoms with Gasteiger partial charge in [0.15, 0.2) is 0 Å². The summed E-state index contributed by atoms with van der Waals surface area (Å²) < 4.78 is 9.36. The standard InChI is InChI=1S/C16H14N4O3.C9H9N3O2.C7H7NO2.CH4/c1-9-4-3-5-12(18-9)15(21)19-14-6-10-8-17-20-13(10)7-11(14)16(22)23-2;1-14-9(13)6-3-8-5(2-7(6)10)4-11-12-8;1-5-3-2-4-6(8-5)7(9)10;/h3-8H,1-2H3,(H,17,20)(H,19,21);2-4H,10H2,1H3,(H,11,12);2-4H,1H3,(H,9,10);1H4. The fraction of sp³-hybridized carbons (Fsp3) is 0.152. The summed E-state index contributed by atoms with van der Waals surface area (Å²) in [5.41, 5.74) is 10.3. The normalized spacial score (nSPS) is 10.0. The van der Waals surface area contributed by atoms with Crippen molar-refractivity contribution in [3.63, 3.8) is 0 Å². The minimum atomic E-state index is -0.983. The van der Waals surface area contributed by atoms with Gasteiger partial charge in [-0.2, -0.15) is 10.2 Å². The molecule has 4 heterocycles. The van der Waals surface area contributed by atoms with Gasteiger partial charge in [-0.3, -0.25) is 15.0 Å². The zero-order chi connectivity index (χ0) is 34.1. The molecule has 6 aromatic rings. The predicted molar refractivity (Wildman–Crippen MR) is 179 cm³/mol. The number of nitrogens with one attached hydrogen (secondary N) is 3. The van der Waals surface area contributed by atoms with Crippen LogP contribution in [0.15, 0.2) is 73.1 Å². The number of hydrogen-bond donors (Lipinski definition) is 5. The molecular formula is C33H34N8O7. The molecule has 0 saturated heterocycles. The molecule has 0 radical (unpaired) electrons. The number of rotatable bonds is 5. The van der Waals surface area contributed by atoms with Crippen LogP contribution in [0.5, 0.6) is 0 Å². The number of carbonyl (C=O) groups excluding carboxylic acids is 3. The first kappa shape index (κ1) is 35.8. The first-order valence-electron chi connectivity index (χ1n) is 13.8. The van der Waals surface area contributed by atoms with E-state index in [-0.39, 0.29) is 24.4 Å². The number of nitrogen functional groups attached to an aromatic ring is 1. The Morgan fingerprint density at radius 3 is 1.77 bits per heavy atom. The molecular weight excluding hydrogens is 620 g/mol. The molecule has 0 atom stereocenters. The third-order valence-corrected chi connectivity index (χ3v) is 6.48. The van der Waals surface area contributed by atoms with Crippen molar-refractivity contribution in [2.75, 3.05) is 25.3 Å². The number of methoxy groups -OCH3 is 2. The Balaban J connectivity index is 0.000000213. The Kier molecular flexibility index (Phi) is 12.0. The van der Waals surface area contributed by atoms with Gasteiger partial charge >= 0.3 is 17.9 Å². The minimum absolute atomic E-state index is 0. The predicted octanol–water partition coefficient (Wildman–Crippen LogP) is 4.96. The maximum Gasteiger partial charge on any atom is 0.354 e. The van der Waals surface area contributed by atoms with Crippen LogP contribution >= 0.6 is 0 Å². The van der Waals surface area contributed by atoms with E-state index in [0.29, 0.717) is 22.5 Å². The summed E-state index contributed by atoms with van der Waals surface area (Å²) in [7, 11) is 2.60. The molecule has 0 spiro atoms. The first-order valence-corrected chi connectivity index (χ1v) is 13.8. The Labute approximate surface area is 274 Å². The maximum atomic E-state index is 12.4. The van der Waals surface area contributed by atoms with Crippen molar-refractivity contribution >= 4 is 57.0 Å². The second-order valence-corrected chi connectivity index (χ2v) is 9.82. The molecule has 6 N–H and O–H groups in total. The summed E-state index contributed by atoms with van der Waals surface area (Å²) in [6.45, 7) is 3.56. The number of benzene rings is 2. The number of nitrogens with two attached hydrogens (primary N) is 1. The Bertz CT molecular complexity index is 2090. The van der Waals surface area contributed by atoms with Crippen molar-refractivity contribution in [2.24, 2.45) is 0 Å². The van der Waals surface area contributed by atoms with Crippen LogP contribution in [-0.4, -0.2) is 73.5 Å². The zero-order valence-electron chi connectivity index (χ0n) is 25.7. The van der Waals surface area contributed by atoms with Crippen LogP contribution in [0.1, 0.15) is 60.5 Å².